The van der Waals surface area contributed by atoms with Gasteiger partial charge in [-0.3, -0.25) is 19.5 Å². The van der Waals surface area contributed by atoms with E-state index in [9.17, 15) is 4.79 Å². The number of nitrogens with one attached hydrogen (secondary N) is 3. The highest BCUT2D eigenvalue weighted by atomic mass is 16.5. The van der Waals surface area contributed by atoms with E-state index in [1.165, 1.54) is 10.9 Å². The van der Waals surface area contributed by atoms with Gasteiger partial charge in [0.15, 0.2) is 0 Å². The van der Waals surface area contributed by atoms with Gasteiger partial charge in [0.25, 0.3) is 6.47 Å². The molecule has 1 aromatic carbocycles. The maximum Gasteiger partial charge on any atom is 0.293 e. The molecule has 8 heterocycles. The highest BCUT2D eigenvalue weighted by Gasteiger charge is 2.66. The Morgan fingerprint density at radius 1 is 1.03 bits per heavy atom. The second-order valence-corrected chi connectivity index (χ2v) is 23.5. The number of ether oxygens (including phenoxy) is 5. The summed E-state index contributed by atoms with van der Waals surface area (Å²) in [6.07, 6.45) is 8.90. The zero-order valence-corrected chi connectivity index (χ0v) is 45.8. The summed E-state index contributed by atoms with van der Waals surface area (Å²) in [7, 11) is 1.76. The van der Waals surface area contributed by atoms with E-state index in [1.807, 2.05) is 6.20 Å². The molecular formula is C58H87N9O7. The number of piperazine rings is 1. The number of hydrazine groups is 1. The number of allylic oxidation sites excluding steroid dienone is 1. The van der Waals surface area contributed by atoms with Crippen LogP contribution in [0.1, 0.15) is 91.5 Å². The molecule has 1 aliphatic carbocycles. The third kappa shape index (κ3) is 10.2. The zero-order chi connectivity index (χ0) is 51.7. The van der Waals surface area contributed by atoms with Gasteiger partial charge in [-0.15, -0.1) is 0 Å². The van der Waals surface area contributed by atoms with E-state index in [0.29, 0.717) is 57.0 Å². The fourth-order valence-electron chi connectivity index (χ4n) is 14.8. The van der Waals surface area contributed by atoms with Gasteiger partial charge in [0.2, 0.25) is 5.91 Å². The van der Waals surface area contributed by atoms with Crippen LogP contribution in [0.3, 0.4) is 0 Å². The van der Waals surface area contributed by atoms with Crippen molar-refractivity contribution in [3.63, 3.8) is 0 Å². The lowest BCUT2D eigenvalue weighted by Gasteiger charge is -2.67. The molecule has 7 aliphatic rings. The van der Waals surface area contributed by atoms with Crippen molar-refractivity contribution in [1.29, 1.82) is 0 Å². The predicted octanol–water partition coefficient (Wildman–Crippen LogP) is 6.42. The lowest BCUT2D eigenvalue weighted by molar-refractivity contribution is -0.262. The Bertz CT molecular complexity index is 2460. The molecule has 1 spiro atoms. The summed E-state index contributed by atoms with van der Waals surface area (Å²) >= 11 is 0. The van der Waals surface area contributed by atoms with Gasteiger partial charge in [-0.25, -0.2) is 5.43 Å². The normalized spacial score (nSPS) is 29.3. The summed E-state index contributed by atoms with van der Waals surface area (Å²) in [5, 5.41) is 10.9. The number of amides is 1. The second-order valence-electron chi connectivity index (χ2n) is 23.5. The first-order valence-electron chi connectivity index (χ1n) is 28.4. The summed E-state index contributed by atoms with van der Waals surface area (Å²) in [4.78, 5) is 39.7. The fraction of sp³-hybridized carbons (Fsp3) is 0.707. The molecule has 3 N–H and O–H groups in total. The molecule has 0 bridgehead atoms. The van der Waals surface area contributed by atoms with Crippen molar-refractivity contribution in [2.24, 2.45) is 40.4 Å². The van der Waals surface area contributed by atoms with Crippen LogP contribution in [0.15, 0.2) is 42.2 Å². The number of likely N-dealkylation sites (tertiary alicyclic amines) is 1. The highest BCUT2D eigenvalue weighted by molar-refractivity contribution is 5.95. The van der Waals surface area contributed by atoms with E-state index >= 15 is 4.79 Å². The van der Waals surface area contributed by atoms with Gasteiger partial charge in [0.05, 0.1) is 80.6 Å². The van der Waals surface area contributed by atoms with Crippen molar-refractivity contribution in [2.45, 2.75) is 111 Å². The van der Waals surface area contributed by atoms with Crippen molar-refractivity contribution in [2.75, 3.05) is 122 Å². The monoisotopic (exact) mass is 1020 g/mol. The summed E-state index contributed by atoms with van der Waals surface area (Å²) in [5.74, 6) is 1.39. The number of aryl methyl sites for hydroxylation is 1. The van der Waals surface area contributed by atoms with Crippen LogP contribution in [0.5, 0.6) is 0 Å². The highest BCUT2D eigenvalue weighted by Crippen LogP contribution is 2.64. The van der Waals surface area contributed by atoms with E-state index in [-0.39, 0.29) is 52.9 Å². The largest absolute Gasteiger partial charge is 0.467 e. The van der Waals surface area contributed by atoms with E-state index in [2.05, 4.69) is 119 Å². The molecule has 1 saturated carbocycles. The first-order chi connectivity index (χ1) is 35.9. The molecule has 74 heavy (non-hydrogen) atoms. The number of fused-ring (bicyclic) bond motifs is 3. The van der Waals surface area contributed by atoms with Crippen LogP contribution in [-0.2, 0) is 46.2 Å². The molecule has 10 rings (SSSR count). The van der Waals surface area contributed by atoms with Crippen LogP contribution < -0.4 is 25.9 Å². The summed E-state index contributed by atoms with van der Waals surface area (Å²) in [6.45, 7) is 29.2. The number of hydrogen-bond acceptors (Lipinski definition) is 14. The number of aromatic nitrogens is 2. The van der Waals surface area contributed by atoms with Gasteiger partial charge in [-0.2, -0.15) is 0 Å². The van der Waals surface area contributed by atoms with Crippen LogP contribution >= 0.6 is 0 Å². The molecule has 406 valence electrons. The lowest BCUT2D eigenvalue weighted by Crippen LogP contribution is -2.72. The molecule has 3 unspecified atom stereocenters. The first-order valence-corrected chi connectivity index (χ1v) is 28.4. The minimum absolute atomic E-state index is 0.0305. The molecule has 1 amide bonds. The van der Waals surface area contributed by atoms with Crippen molar-refractivity contribution < 1.29 is 33.3 Å². The summed E-state index contributed by atoms with van der Waals surface area (Å²) in [5.41, 5.74) is 12.3. The number of benzene rings is 1. The Morgan fingerprint density at radius 3 is 2.55 bits per heavy atom. The third-order valence-electron chi connectivity index (χ3n) is 18.3. The Labute approximate surface area is 440 Å². The Morgan fingerprint density at radius 2 is 1.85 bits per heavy atom. The van der Waals surface area contributed by atoms with E-state index < -0.39 is 0 Å². The van der Waals surface area contributed by atoms with Gasteiger partial charge in [0.1, 0.15) is 0 Å². The van der Waals surface area contributed by atoms with Crippen molar-refractivity contribution in [1.82, 2.24) is 35.5 Å². The van der Waals surface area contributed by atoms with Crippen molar-refractivity contribution in [3.05, 3.63) is 53.5 Å². The van der Waals surface area contributed by atoms with E-state index in [1.54, 1.807) is 7.11 Å². The maximum atomic E-state index is 15.4. The van der Waals surface area contributed by atoms with Gasteiger partial charge in [-0.05, 0) is 120 Å². The minimum Gasteiger partial charge on any atom is -0.467 e. The molecule has 7 fully saturated rings. The Balaban J connectivity index is 1.04. The average molecular weight is 1020 g/mol. The standard InChI is InChI=1S/C58H87N9O7/c1-9-47(67-20-13-12-17-61-67)53-50(46-29-58(35-72-36-58)51(46)38(4)54(56(69)62-53)65-21-16-40(31-65)33-71-11-3)49-32-64(24-25-74-49)41-14-15-48-43(26-41)45(28-57(6,7)34-73-37-68)55(66(48)10-2)44-27-42(63-22-18-59-19-23-63)30-60-52(44)39(5)70-8/h9,14-15,26-27,30,37-40,46,49-51,53-54,59,61H,10-13,16-25,28-29,31-36H2,1-8H3,(H,62,69)/b47-9+/t38?,39-,40+,46?,49+,50+,51?,53+,54-/m0/s1. The molecule has 16 nitrogen and oxygen atoms in total. The molecule has 16 heteroatoms. The van der Waals surface area contributed by atoms with Gasteiger partial charge in [-0.1, -0.05) is 26.8 Å². The number of pyridine rings is 1. The van der Waals surface area contributed by atoms with Crippen molar-refractivity contribution >= 4 is 34.7 Å². The minimum atomic E-state index is -0.372. The van der Waals surface area contributed by atoms with E-state index in [4.69, 9.17) is 28.7 Å². The average Bonchev–Trinajstić information content (AvgIpc) is 3.99. The molecule has 3 aromatic rings. The quantitative estimate of drug-likeness (QED) is 0.121. The molecular weight excluding hydrogens is 935 g/mol. The Kier molecular flexibility index (Phi) is 16.3. The molecule has 2 aromatic heterocycles. The van der Waals surface area contributed by atoms with Gasteiger partial charge in [0, 0.05) is 124 Å². The topological polar surface area (TPSA) is 147 Å². The van der Waals surface area contributed by atoms with Crippen LogP contribution in [0.2, 0.25) is 0 Å². The molecule has 6 aliphatic heterocycles. The zero-order valence-electron chi connectivity index (χ0n) is 45.8. The number of methoxy groups -OCH3 is 1. The number of nitrogens with zero attached hydrogens (tertiary/aromatic N) is 6. The smallest absolute Gasteiger partial charge is 0.293 e. The Hall–Kier alpha value is -4.29. The van der Waals surface area contributed by atoms with E-state index in [0.717, 1.165) is 150 Å². The van der Waals surface area contributed by atoms with Crippen LogP contribution in [0, 0.1) is 40.4 Å². The number of hydrogen-bond donors (Lipinski definition) is 3. The van der Waals surface area contributed by atoms with Crippen LogP contribution in [-0.4, -0.2) is 162 Å². The SMILES string of the molecule is C/C=C(\[C@H]1NC(=O)[C@@H](N2CC[C@@H](COCC)C2)C(C)C2C(CC23COC3)[C@@H]1[C@H]1CN(c2ccc3c(c2)c(CC(C)(C)COC=O)c(-c2cc(N4CCNCC4)cnc2[C@H](C)OC)n3CC)CCO1)N1CCCCN1. The molecule has 0 radical (unpaired) electrons. The van der Waals surface area contributed by atoms with Gasteiger partial charge >= 0.3 is 0 Å². The lowest BCUT2D eigenvalue weighted by atomic mass is 9.44. The predicted molar refractivity (Wildman–Crippen MR) is 290 cm³/mol. The number of morpholine rings is 1. The number of anilines is 2. The van der Waals surface area contributed by atoms with Crippen LogP contribution in [0.4, 0.5) is 11.4 Å². The summed E-state index contributed by atoms with van der Waals surface area (Å²) in [6, 6.07) is 8.89. The third-order valence-corrected chi connectivity index (χ3v) is 18.3. The van der Waals surface area contributed by atoms with Gasteiger partial charge < -0.3 is 53.7 Å². The van der Waals surface area contributed by atoms with Crippen LogP contribution in [0.25, 0.3) is 22.2 Å². The molecule has 9 atom stereocenters. The first kappa shape index (κ1) is 53.1. The van der Waals surface area contributed by atoms with Crippen molar-refractivity contribution in [3.8, 4) is 11.3 Å². The summed E-state index contributed by atoms with van der Waals surface area (Å²) < 4.78 is 33.2. The maximum absolute atomic E-state index is 15.4. The fourth-order valence-corrected chi connectivity index (χ4v) is 14.8. The number of carbonyl (C=O) groups excluding carboxylic acids is 2. The second kappa shape index (κ2) is 22.7. The number of rotatable bonds is 18. The molecule has 6 saturated heterocycles. The number of carbonyl (C=O) groups is 2.